The van der Waals surface area contributed by atoms with E-state index >= 15 is 0 Å². The Morgan fingerprint density at radius 3 is 2.03 bits per heavy atom. The number of hydrogen-bond acceptors (Lipinski definition) is 8. The Hall–Kier alpha value is -2.87. The Morgan fingerprint density at radius 2 is 1.52 bits per heavy atom. The highest BCUT2D eigenvalue weighted by molar-refractivity contribution is 7.98. The van der Waals surface area contributed by atoms with Gasteiger partial charge in [0.15, 0.2) is 0 Å². The van der Waals surface area contributed by atoms with Crippen LogP contribution in [0, 0.1) is 0 Å². The zero-order valence-corrected chi connectivity index (χ0v) is 17.9. The predicted octanol–water partition coefficient (Wildman–Crippen LogP) is -2.63. The van der Waals surface area contributed by atoms with Crippen molar-refractivity contribution in [3.8, 4) is 0 Å². The van der Waals surface area contributed by atoms with Crippen LogP contribution in [-0.4, -0.2) is 82.5 Å². The second kappa shape index (κ2) is 15.0. The van der Waals surface area contributed by atoms with E-state index in [1.807, 2.05) is 6.26 Å². The molecule has 0 aliphatic rings. The maximum atomic E-state index is 12.4. The van der Waals surface area contributed by atoms with Crippen molar-refractivity contribution in [1.82, 2.24) is 16.0 Å². The van der Waals surface area contributed by atoms with Gasteiger partial charge in [-0.05, 0) is 31.3 Å². The first kappa shape index (κ1) is 28.1. The van der Waals surface area contributed by atoms with Gasteiger partial charge in [0.05, 0.1) is 12.6 Å². The summed E-state index contributed by atoms with van der Waals surface area (Å²) < 4.78 is 0. The Kier molecular flexibility index (Phi) is 13.6. The second-order valence-corrected chi connectivity index (χ2v) is 7.55. The Labute approximate surface area is 183 Å². The van der Waals surface area contributed by atoms with Crippen molar-refractivity contribution in [3.63, 3.8) is 0 Å². The van der Waals surface area contributed by atoms with Crippen molar-refractivity contribution in [2.75, 3.05) is 18.6 Å². The summed E-state index contributed by atoms with van der Waals surface area (Å²) >= 11 is 1.50. The van der Waals surface area contributed by atoms with Crippen molar-refractivity contribution >= 4 is 47.3 Å². The molecular formula is C17H29N5O8S. The van der Waals surface area contributed by atoms with E-state index in [1.54, 1.807) is 0 Å². The number of primary amides is 1. The van der Waals surface area contributed by atoms with Crippen LogP contribution in [0.15, 0.2) is 0 Å². The normalized spacial score (nSPS) is 13.4. The molecule has 0 bridgehead atoms. The molecule has 14 heteroatoms. The lowest BCUT2D eigenvalue weighted by Crippen LogP contribution is -2.54. The number of nitrogens with two attached hydrogens (primary N) is 2. The largest absolute Gasteiger partial charge is 0.481 e. The molecule has 0 aromatic carbocycles. The summed E-state index contributed by atoms with van der Waals surface area (Å²) in [5, 5.41) is 24.7. The van der Waals surface area contributed by atoms with Gasteiger partial charge in [-0.2, -0.15) is 11.8 Å². The first-order valence-electron chi connectivity index (χ1n) is 9.32. The Balaban J connectivity index is 4.95. The predicted molar refractivity (Wildman–Crippen MR) is 111 cm³/mol. The fourth-order valence-electron chi connectivity index (χ4n) is 2.27. The molecule has 176 valence electrons. The Morgan fingerprint density at radius 1 is 0.903 bits per heavy atom. The molecule has 3 atom stereocenters. The van der Waals surface area contributed by atoms with Gasteiger partial charge in [-0.25, -0.2) is 4.79 Å². The zero-order valence-electron chi connectivity index (χ0n) is 17.1. The summed E-state index contributed by atoms with van der Waals surface area (Å²) in [4.78, 5) is 69.3. The van der Waals surface area contributed by atoms with E-state index in [-0.39, 0.29) is 19.3 Å². The summed E-state index contributed by atoms with van der Waals surface area (Å²) in [5.74, 6) is -5.07. The van der Waals surface area contributed by atoms with Gasteiger partial charge in [0.2, 0.25) is 23.6 Å². The third-order valence-corrected chi connectivity index (χ3v) is 4.63. The van der Waals surface area contributed by atoms with E-state index in [1.165, 1.54) is 11.8 Å². The van der Waals surface area contributed by atoms with Crippen molar-refractivity contribution in [3.05, 3.63) is 0 Å². The molecule has 13 nitrogen and oxygen atoms in total. The molecule has 3 unspecified atom stereocenters. The average Bonchev–Trinajstić information content (AvgIpc) is 2.69. The molecule has 0 aromatic heterocycles. The lowest BCUT2D eigenvalue weighted by Gasteiger charge is -2.21. The number of hydrogen-bond donors (Lipinski definition) is 7. The van der Waals surface area contributed by atoms with E-state index < -0.39 is 66.7 Å². The number of carboxylic acid groups (broad SMARTS) is 2. The summed E-state index contributed by atoms with van der Waals surface area (Å²) in [6.07, 6.45) is 0.870. The van der Waals surface area contributed by atoms with Crippen LogP contribution >= 0.6 is 11.8 Å². The molecule has 0 saturated carbocycles. The minimum absolute atomic E-state index is 0.278. The molecule has 0 spiro atoms. The highest BCUT2D eigenvalue weighted by atomic mass is 32.2. The number of nitrogens with one attached hydrogen (secondary N) is 3. The zero-order chi connectivity index (χ0) is 24.0. The average molecular weight is 464 g/mol. The minimum Gasteiger partial charge on any atom is -0.481 e. The van der Waals surface area contributed by atoms with Crippen LogP contribution in [0.5, 0.6) is 0 Å². The molecule has 0 aliphatic heterocycles. The van der Waals surface area contributed by atoms with E-state index in [9.17, 15) is 28.8 Å². The molecule has 0 aliphatic carbocycles. The van der Waals surface area contributed by atoms with Crippen LogP contribution in [0.1, 0.15) is 32.1 Å². The van der Waals surface area contributed by atoms with Gasteiger partial charge in [0.1, 0.15) is 12.1 Å². The summed E-state index contributed by atoms with van der Waals surface area (Å²) in [6, 6.07) is -3.65. The molecule has 4 amide bonds. The van der Waals surface area contributed by atoms with Gasteiger partial charge < -0.3 is 37.6 Å². The molecule has 0 fully saturated rings. The van der Waals surface area contributed by atoms with Gasteiger partial charge in [-0.1, -0.05) is 0 Å². The topological polar surface area (TPSA) is 231 Å². The fraction of sp³-hybridized carbons (Fsp3) is 0.647. The molecule has 0 heterocycles. The first-order chi connectivity index (χ1) is 14.5. The SMILES string of the molecule is CSCCC(N)C(=O)NCC(=O)NC(CCC(=O)O)C(=O)NC(CCC(N)=O)C(=O)O. The lowest BCUT2D eigenvalue weighted by atomic mass is 10.1. The highest BCUT2D eigenvalue weighted by Gasteiger charge is 2.27. The molecule has 0 radical (unpaired) electrons. The van der Waals surface area contributed by atoms with Crippen molar-refractivity contribution in [2.45, 2.75) is 50.2 Å². The standard InChI is InChI=1S/C17H29N5O8S/c1-31-7-6-9(18)15(27)20-8-13(24)21-10(3-5-14(25)26)16(28)22-11(17(29)30)2-4-12(19)23/h9-11H,2-8,18H2,1H3,(H2,19,23)(H,20,27)(H,21,24)(H,22,28)(H,25,26)(H,29,30). The highest BCUT2D eigenvalue weighted by Crippen LogP contribution is 2.03. The van der Waals surface area contributed by atoms with E-state index in [4.69, 9.17) is 21.7 Å². The molecule has 9 N–H and O–H groups in total. The Bertz CT molecular complexity index is 675. The van der Waals surface area contributed by atoms with E-state index in [0.717, 1.165) is 0 Å². The summed E-state index contributed by atoms with van der Waals surface area (Å²) in [5.41, 5.74) is 10.7. The minimum atomic E-state index is -1.46. The fourth-order valence-corrected chi connectivity index (χ4v) is 2.76. The van der Waals surface area contributed by atoms with Gasteiger partial charge >= 0.3 is 11.9 Å². The first-order valence-corrected chi connectivity index (χ1v) is 10.7. The number of thioether (sulfide) groups is 1. The van der Waals surface area contributed by atoms with Crippen LogP contribution in [0.4, 0.5) is 0 Å². The second-order valence-electron chi connectivity index (χ2n) is 6.56. The molecular weight excluding hydrogens is 434 g/mol. The van der Waals surface area contributed by atoms with Gasteiger partial charge in [0.25, 0.3) is 0 Å². The number of aliphatic carboxylic acids is 2. The van der Waals surface area contributed by atoms with Crippen molar-refractivity contribution in [1.29, 1.82) is 0 Å². The third-order valence-electron chi connectivity index (χ3n) is 3.99. The van der Waals surface area contributed by atoms with Gasteiger partial charge in [0, 0.05) is 12.8 Å². The van der Waals surface area contributed by atoms with Crippen LogP contribution in [0.3, 0.4) is 0 Å². The summed E-state index contributed by atoms with van der Waals surface area (Å²) in [7, 11) is 0. The van der Waals surface area contributed by atoms with Crippen LogP contribution in [0.25, 0.3) is 0 Å². The van der Waals surface area contributed by atoms with Crippen LogP contribution in [0.2, 0.25) is 0 Å². The van der Waals surface area contributed by atoms with Crippen LogP contribution in [-0.2, 0) is 28.8 Å². The molecule has 0 saturated heterocycles. The van der Waals surface area contributed by atoms with Crippen molar-refractivity contribution < 1.29 is 39.0 Å². The quantitative estimate of drug-likeness (QED) is 0.126. The lowest BCUT2D eigenvalue weighted by molar-refractivity contribution is -0.143. The van der Waals surface area contributed by atoms with E-state index in [0.29, 0.717) is 12.2 Å². The van der Waals surface area contributed by atoms with Gasteiger partial charge in [-0.15, -0.1) is 0 Å². The molecule has 0 rings (SSSR count). The summed E-state index contributed by atoms with van der Waals surface area (Å²) in [6.45, 7) is -0.507. The number of carbonyl (C=O) groups is 6. The number of carboxylic acids is 2. The molecule has 0 aromatic rings. The number of amides is 4. The third kappa shape index (κ3) is 13.1. The number of rotatable bonds is 16. The smallest absolute Gasteiger partial charge is 0.326 e. The number of carbonyl (C=O) groups excluding carboxylic acids is 4. The van der Waals surface area contributed by atoms with E-state index in [2.05, 4.69) is 16.0 Å². The monoisotopic (exact) mass is 463 g/mol. The van der Waals surface area contributed by atoms with Crippen LogP contribution < -0.4 is 27.4 Å². The maximum Gasteiger partial charge on any atom is 0.326 e. The maximum absolute atomic E-state index is 12.4. The van der Waals surface area contributed by atoms with Gasteiger partial charge in [-0.3, -0.25) is 24.0 Å². The molecule has 31 heavy (non-hydrogen) atoms. The van der Waals surface area contributed by atoms with Crippen molar-refractivity contribution in [2.24, 2.45) is 11.5 Å².